The Morgan fingerprint density at radius 2 is 1.79 bits per heavy atom. The summed E-state index contributed by atoms with van der Waals surface area (Å²) in [6, 6.07) is 9.43. The average Bonchev–Trinajstić information content (AvgIpc) is 2.62. The molecule has 1 aliphatic rings. The second-order valence-electron chi connectivity index (χ2n) is 8.25. The zero-order valence-corrected chi connectivity index (χ0v) is 16.4. The summed E-state index contributed by atoms with van der Waals surface area (Å²) in [6.07, 6.45) is -2.30. The number of hydrogen-bond donors (Lipinski definition) is 2. The van der Waals surface area contributed by atoms with E-state index in [2.05, 4.69) is 20.8 Å². The molecule has 3 atom stereocenters. The molecule has 1 fully saturated rings. The van der Waals surface area contributed by atoms with Crippen LogP contribution in [0.3, 0.4) is 0 Å². The van der Waals surface area contributed by atoms with Gasteiger partial charge in [0.15, 0.2) is 20.1 Å². The Hall–Kier alpha value is -1.21. The molecular weight excluding hydrogens is 322 g/mol. The summed E-state index contributed by atoms with van der Waals surface area (Å²) >= 11 is 0. The van der Waals surface area contributed by atoms with Crippen molar-refractivity contribution in [2.75, 3.05) is 0 Å². The molecule has 134 valence electrons. The Kier molecular flexibility index (Phi) is 4.98. The van der Waals surface area contributed by atoms with E-state index in [9.17, 15) is 15.0 Å². The van der Waals surface area contributed by atoms with E-state index in [4.69, 9.17) is 4.43 Å². The summed E-state index contributed by atoms with van der Waals surface area (Å²) in [5.41, 5.74) is -0.758. The summed E-state index contributed by atoms with van der Waals surface area (Å²) < 4.78 is 6.13. The van der Waals surface area contributed by atoms with Gasteiger partial charge in [0.05, 0.1) is 0 Å². The number of rotatable bonds is 4. The van der Waals surface area contributed by atoms with Crippen LogP contribution in [0.5, 0.6) is 0 Å². The second-order valence-corrected chi connectivity index (χ2v) is 13.0. The van der Waals surface area contributed by atoms with E-state index >= 15 is 0 Å². The van der Waals surface area contributed by atoms with Crippen molar-refractivity contribution in [2.24, 2.45) is 0 Å². The minimum absolute atomic E-state index is 0.0916. The van der Waals surface area contributed by atoms with Crippen molar-refractivity contribution in [2.45, 2.75) is 70.3 Å². The molecule has 1 amide bonds. The molecule has 0 saturated carbocycles. The number of aliphatic hydroxyl groups is 2. The van der Waals surface area contributed by atoms with Gasteiger partial charge in [-0.2, -0.15) is 0 Å². The normalized spacial score (nSPS) is 28.5. The van der Waals surface area contributed by atoms with Crippen molar-refractivity contribution in [3.05, 3.63) is 35.9 Å². The lowest BCUT2D eigenvalue weighted by molar-refractivity contribution is -0.155. The van der Waals surface area contributed by atoms with E-state index in [1.807, 2.05) is 43.4 Å². The molecule has 0 aliphatic carbocycles. The van der Waals surface area contributed by atoms with Gasteiger partial charge in [0.25, 0.3) is 5.91 Å². The van der Waals surface area contributed by atoms with Crippen molar-refractivity contribution in [1.29, 1.82) is 0 Å². The molecule has 1 aromatic carbocycles. The largest absolute Gasteiger partial charge is 0.403 e. The average molecular weight is 352 g/mol. The van der Waals surface area contributed by atoms with Gasteiger partial charge in [-0.25, -0.2) is 0 Å². The zero-order valence-electron chi connectivity index (χ0n) is 15.4. The molecule has 0 spiro atoms. The molecule has 1 aliphatic heterocycles. The smallest absolute Gasteiger partial charge is 0.256 e. The summed E-state index contributed by atoms with van der Waals surface area (Å²) in [4.78, 5) is 14.2. The predicted octanol–water partition coefficient (Wildman–Crippen LogP) is 2.49. The number of nitrogens with zero attached hydrogens (tertiary/aromatic N) is 1. The van der Waals surface area contributed by atoms with E-state index in [0.29, 0.717) is 0 Å². The minimum Gasteiger partial charge on any atom is -0.403 e. The highest BCUT2D eigenvalue weighted by Crippen LogP contribution is 2.40. The number of aliphatic hydroxyl groups excluding tert-OH is 1. The first-order chi connectivity index (χ1) is 10.9. The van der Waals surface area contributed by atoms with Crippen LogP contribution in [0, 0.1) is 0 Å². The third kappa shape index (κ3) is 3.42. The van der Waals surface area contributed by atoms with Crippen LogP contribution in [0.25, 0.3) is 0 Å². The monoisotopic (exact) mass is 351 g/mol. The highest BCUT2D eigenvalue weighted by atomic mass is 28.4. The van der Waals surface area contributed by atoms with Gasteiger partial charge in [-0.15, -0.1) is 0 Å². The maximum Gasteiger partial charge on any atom is 0.256 e. The van der Waals surface area contributed by atoms with Crippen molar-refractivity contribution in [3.63, 3.8) is 0 Å². The maximum atomic E-state index is 12.8. The SMILES string of the molecule is CC1(O)[C@H](O)[C@@H](O[Si](C)(C)C(C)(C)C)C(=O)N1Cc1ccccc1. The number of hydrogen-bond acceptors (Lipinski definition) is 4. The molecule has 5 nitrogen and oxygen atoms in total. The van der Waals surface area contributed by atoms with Gasteiger partial charge in [0.1, 0.15) is 6.10 Å². The lowest BCUT2D eigenvalue weighted by Crippen LogP contribution is -2.50. The number of carbonyl (C=O) groups excluding carboxylic acids is 1. The van der Waals surface area contributed by atoms with Crippen molar-refractivity contribution in [1.82, 2.24) is 4.90 Å². The van der Waals surface area contributed by atoms with Crippen LogP contribution in [0.1, 0.15) is 33.3 Å². The standard InChI is InChI=1S/C18H29NO4Si/c1-17(2,3)24(5,6)23-14-15(20)18(4,22)19(16(14)21)12-13-10-8-7-9-11-13/h7-11,14-15,20,22H,12H2,1-6H3/t14-,15-,18?/m1/s1. The van der Waals surface area contributed by atoms with Crippen LogP contribution in [0.2, 0.25) is 18.1 Å². The molecule has 2 rings (SSSR count). The number of benzene rings is 1. The number of amides is 1. The second kappa shape index (κ2) is 6.26. The number of likely N-dealkylation sites (tertiary alicyclic amines) is 1. The molecule has 2 N–H and O–H groups in total. The molecule has 1 heterocycles. The Labute approximate surface area is 145 Å². The van der Waals surface area contributed by atoms with Crippen LogP contribution >= 0.6 is 0 Å². The van der Waals surface area contributed by atoms with Gasteiger partial charge in [-0.05, 0) is 30.6 Å². The first-order valence-electron chi connectivity index (χ1n) is 8.31. The van der Waals surface area contributed by atoms with Gasteiger partial charge >= 0.3 is 0 Å². The Balaban J connectivity index is 2.26. The summed E-state index contributed by atoms with van der Waals surface area (Å²) in [6.45, 7) is 12.0. The van der Waals surface area contributed by atoms with Gasteiger partial charge in [-0.3, -0.25) is 4.79 Å². The molecule has 0 bridgehead atoms. The molecule has 1 aromatic rings. The van der Waals surface area contributed by atoms with Gasteiger partial charge in [-0.1, -0.05) is 51.1 Å². The molecule has 0 aromatic heterocycles. The third-order valence-electron chi connectivity index (χ3n) is 5.31. The molecule has 0 radical (unpaired) electrons. The summed E-state index contributed by atoms with van der Waals surface area (Å²) in [5, 5.41) is 21.2. The summed E-state index contributed by atoms with van der Waals surface area (Å²) in [7, 11) is -2.26. The Morgan fingerprint density at radius 3 is 2.29 bits per heavy atom. The van der Waals surface area contributed by atoms with Crippen LogP contribution in [-0.2, 0) is 15.8 Å². The van der Waals surface area contributed by atoms with Crippen LogP contribution in [-0.4, -0.2) is 47.3 Å². The Morgan fingerprint density at radius 1 is 1.25 bits per heavy atom. The van der Waals surface area contributed by atoms with Gasteiger partial charge < -0.3 is 19.5 Å². The van der Waals surface area contributed by atoms with Crippen LogP contribution < -0.4 is 0 Å². The first kappa shape index (κ1) is 19.1. The summed E-state index contributed by atoms with van der Waals surface area (Å²) in [5.74, 6) is -0.360. The topological polar surface area (TPSA) is 70.0 Å². The van der Waals surface area contributed by atoms with Crippen LogP contribution in [0.4, 0.5) is 0 Å². The lowest BCUT2D eigenvalue weighted by atomic mass is 10.1. The third-order valence-corrected chi connectivity index (χ3v) is 9.77. The molecule has 24 heavy (non-hydrogen) atoms. The van der Waals surface area contributed by atoms with E-state index in [0.717, 1.165) is 5.56 Å². The molecule has 6 heteroatoms. The fourth-order valence-electron chi connectivity index (χ4n) is 2.57. The van der Waals surface area contributed by atoms with Gasteiger partial charge in [0.2, 0.25) is 0 Å². The molecule has 1 unspecified atom stereocenters. The van der Waals surface area contributed by atoms with E-state index < -0.39 is 26.3 Å². The van der Waals surface area contributed by atoms with Gasteiger partial charge in [0, 0.05) is 6.54 Å². The fourth-order valence-corrected chi connectivity index (χ4v) is 3.79. The Bertz CT molecular complexity index is 595. The zero-order chi connectivity index (χ0) is 18.3. The molecule has 1 saturated heterocycles. The highest BCUT2D eigenvalue weighted by molar-refractivity contribution is 6.74. The van der Waals surface area contributed by atoms with E-state index in [1.54, 1.807) is 0 Å². The number of carbonyl (C=O) groups is 1. The quantitative estimate of drug-likeness (QED) is 0.818. The van der Waals surface area contributed by atoms with E-state index in [-0.39, 0.29) is 17.5 Å². The van der Waals surface area contributed by atoms with Crippen molar-refractivity contribution in [3.8, 4) is 0 Å². The lowest BCUT2D eigenvalue weighted by Gasteiger charge is -2.38. The fraction of sp³-hybridized carbons (Fsp3) is 0.611. The maximum absolute atomic E-state index is 12.8. The minimum atomic E-state index is -2.26. The van der Waals surface area contributed by atoms with Crippen molar-refractivity contribution >= 4 is 14.2 Å². The van der Waals surface area contributed by atoms with E-state index in [1.165, 1.54) is 11.8 Å². The van der Waals surface area contributed by atoms with Crippen LogP contribution in [0.15, 0.2) is 30.3 Å². The first-order valence-corrected chi connectivity index (χ1v) is 11.2. The predicted molar refractivity (Wildman–Crippen MR) is 95.7 cm³/mol. The molecular formula is C18H29NO4Si. The van der Waals surface area contributed by atoms with Crippen molar-refractivity contribution < 1.29 is 19.4 Å². The highest BCUT2D eigenvalue weighted by Gasteiger charge is 2.57.